The van der Waals surface area contributed by atoms with E-state index in [1.165, 1.54) is 25.7 Å². The highest BCUT2D eigenvalue weighted by Gasteiger charge is 2.10. The summed E-state index contributed by atoms with van der Waals surface area (Å²) in [6, 6.07) is 0. The van der Waals surface area contributed by atoms with Crippen LogP contribution in [0.25, 0.3) is 0 Å². The smallest absolute Gasteiger partial charge is 0.308 e. The largest absolute Gasteiger partial charge is 0.465 e. The average Bonchev–Trinajstić information content (AvgIpc) is 2.35. The number of carbonyl (C=O) groups excluding carboxylic acids is 1. The molecule has 0 saturated heterocycles. The minimum absolute atomic E-state index is 0.0413. The third-order valence-electron chi connectivity index (χ3n) is 2.92. The lowest BCUT2D eigenvalue weighted by atomic mass is 10.1. The van der Waals surface area contributed by atoms with Gasteiger partial charge in [0, 0.05) is 0 Å². The van der Waals surface area contributed by atoms with Crippen LogP contribution >= 0.6 is 0 Å². The number of ether oxygens (including phenoxy) is 1. The average molecular weight is 240 g/mol. The van der Waals surface area contributed by atoms with Crippen molar-refractivity contribution >= 4 is 5.97 Å². The maximum Gasteiger partial charge on any atom is 0.308 e. The van der Waals surface area contributed by atoms with E-state index in [2.05, 4.69) is 19.1 Å². The highest BCUT2D eigenvalue weighted by atomic mass is 16.5. The van der Waals surface area contributed by atoms with Gasteiger partial charge in [0.1, 0.15) is 0 Å². The molecule has 0 aliphatic heterocycles. The lowest BCUT2D eigenvalue weighted by molar-refractivity contribution is -0.148. The minimum atomic E-state index is -0.0561. The van der Waals surface area contributed by atoms with Gasteiger partial charge >= 0.3 is 5.97 Å². The van der Waals surface area contributed by atoms with Crippen molar-refractivity contribution in [2.24, 2.45) is 5.92 Å². The Balaban J connectivity index is 3.31. The van der Waals surface area contributed by atoms with Crippen LogP contribution in [0.4, 0.5) is 0 Å². The van der Waals surface area contributed by atoms with Crippen LogP contribution in [0.5, 0.6) is 0 Å². The van der Waals surface area contributed by atoms with Crippen molar-refractivity contribution in [1.29, 1.82) is 0 Å². The SMILES string of the molecule is CCCCC/C=C\CCCOC(=O)C(C)CC. The topological polar surface area (TPSA) is 26.3 Å². The van der Waals surface area contributed by atoms with E-state index in [-0.39, 0.29) is 11.9 Å². The van der Waals surface area contributed by atoms with Gasteiger partial charge < -0.3 is 4.74 Å². The summed E-state index contributed by atoms with van der Waals surface area (Å²) in [6.07, 6.45) is 12.3. The molecule has 0 heterocycles. The summed E-state index contributed by atoms with van der Waals surface area (Å²) in [5, 5.41) is 0. The zero-order valence-electron chi connectivity index (χ0n) is 11.7. The van der Waals surface area contributed by atoms with Crippen molar-refractivity contribution in [2.75, 3.05) is 6.61 Å². The third-order valence-corrected chi connectivity index (χ3v) is 2.92. The van der Waals surface area contributed by atoms with Gasteiger partial charge in [-0.3, -0.25) is 4.79 Å². The van der Waals surface area contributed by atoms with Gasteiger partial charge in [-0.1, -0.05) is 45.8 Å². The maximum absolute atomic E-state index is 11.3. The highest BCUT2D eigenvalue weighted by molar-refractivity contribution is 5.71. The molecule has 0 aromatic rings. The quantitative estimate of drug-likeness (QED) is 0.319. The number of hydrogen-bond acceptors (Lipinski definition) is 2. The van der Waals surface area contributed by atoms with Gasteiger partial charge in [-0.2, -0.15) is 0 Å². The van der Waals surface area contributed by atoms with Gasteiger partial charge in [0.15, 0.2) is 0 Å². The number of esters is 1. The normalized spacial score (nSPS) is 12.9. The van der Waals surface area contributed by atoms with Crippen LogP contribution in [0, 0.1) is 5.92 Å². The molecule has 0 bridgehead atoms. The number of unbranched alkanes of at least 4 members (excludes halogenated alkanes) is 4. The predicted molar refractivity (Wildman–Crippen MR) is 72.9 cm³/mol. The number of hydrogen-bond donors (Lipinski definition) is 0. The molecule has 0 fully saturated rings. The fourth-order valence-corrected chi connectivity index (χ4v) is 1.43. The van der Waals surface area contributed by atoms with Crippen LogP contribution in [0.2, 0.25) is 0 Å². The highest BCUT2D eigenvalue weighted by Crippen LogP contribution is 2.05. The van der Waals surface area contributed by atoms with Crippen molar-refractivity contribution in [3.8, 4) is 0 Å². The maximum atomic E-state index is 11.3. The molecule has 0 radical (unpaired) electrons. The van der Waals surface area contributed by atoms with E-state index in [9.17, 15) is 4.79 Å². The van der Waals surface area contributed by atoms with Gasteiger partial charge in [-0.25, -0.2) is 0 Å². The van der Waals surface area contributed by atoms with Crippen molar-refractivity contribution in [3.63, 3.8) is 0 Å². The van der Waals surface area contributed by atoms with E-state index in [0.717, 1.165) is 19.3 Å². The van der Waals surface area contributed by atoms with Gasteiger partial charge in [0.05, 0.1) is 12.5 Å². The Morgan fingerprint density at radius 1 is 1.12 bits per heavy atom. The Morgan fingerprint density at radius 3 is 2.35 bits per heavy atom. The second-order valence-electron chi connectivity index (χ2n) is 4.59. The summed E-state index contributed by atoms with van der Waals surface area (Å²) < 4.78 is 5.17. The predicted octanol–water partition coefficient (Wildman–Crippen LogP) is 4.49. The molecule has 0 rings (SSSR count). The Kier molecular flexibility index (Phi) is 11.1. The summed E-state index contributed by atoms with van der Waals surface area (Å²) >= 11 is 0. The molecule has 2 nitrogen and oxygen atoms in total. The third kappa shape index (κ3) is 10.1. The Bertz CT molecular complexity index is 209. The number of rotatable bonds is 10. The van der Waals surface area contributed by atoms with Crippen LogP contribution in [0.15, 0.2) is 12.2 Å². The van der Waals surface area contributed by atoms with Gasteiger partial charge in [-0.15, -0.1) is 0 Å². The van der Waals surface area contributed by atoms with E-state index in [1.54, 1.807) is 0 Å². The number of carbonyl (C=O) groups is 1. The van der Waals surface area contributed by atoms with Crippen molar-refractivity contribution in [3.05, 3.63) is 12.2 Å². The van der Waals surface area contributed by atoms with Crippen molar-refractivity contribution in [1.82, 2.24) is 0 Å². The van der Waals surface area contributed by atoms with Crippen LogP contribution in [-0.4, -0.2) is 12.6 Å². The molecule has 0 aromatic carbocycles. The standard InChI is InChI=1S/C15H28O2/c1-4-6-7-8-9-10-11-12-13-17-15(16)14(3)5-2/h9-10,14H,4-8,11-13H2,1-3H3/b10-9-. The first-order valence-corrected chi connectivity index (χ1v) is 7.04. The Morgan fingerprint density at radius 2 is 1.76 bits per heavy atom. The molecule has 0 spiro atoms. The second kappa shape index (κ2) is 11.7. The first-order valence-electron chi connectivity index (χ1n) is 7.04. The molecule has 1 atom stereocenters. The lowest BCUT2D eigenvalue weighted by Crippen LogP contribution is -2.14. The lowest BCUT2D eigenvalue weighted by Gasteiger charge is -2.08. The molecule has 17 heavy (non-hydrogen) atoms. The van der Waals surface area contributed by atoms with Crippen molar-refractivity contribution < 1.29 is 9.53 Å². The summed E-state index contributed by atoms with van der Waals surface area (Å²) in [6.45, 7) is 6.69. The monoisotopic (exact) mass is 240 g/mol. The number of allylic oxidation sites excluding steroid dienone is 2. The van der Waals surface area contributed by atoms with E-state index in [4.69, 9.17) is 4.74 Å². The molecule has 0 N–H and O–H groups in total. The van der Waals surface area contributed by atoms with E-state index in [0.29, 0.717) is 6.61 Å². The first kappa shape index (κ1) is 16.2. The van der Waals surface area contributed by atoms with Crippen LogP contribution in [0.1, 0.15) is 65.7 Å². The molecular weight excluding hydrogens is 212 g/mol. The Labute approximate surface area is 106 Å². The molecule has 0 aromatic heterocycles. The molecule has 2 heteroatoms. The minimum Gasteiger partial charge on any atom is -0.465 e. The van der Waals surface area contributed by atoms with E-state index in [1.807, 2.05) is 13.8 Å². The zero-order chi connectivity index (χ0) is 12.9. The van der Waals surface area contributed by atoms with Gasteiger partial charge in [-0.05, 0) is 32.1 Å². The zero-order valence-corrected chi connectivity index (χ0v) is 11.7. The fourth-order valence-electron chi connectivity index (χ4n) is 1.43. The summed E-state index contributed by atoms with van der Waals surface area (Å²) in [7, 11) is 0. The van der Waals surface area contributed by atoms with Crippen LogP contribution in [-0.2, 0) is 9.53 Å². The summed E-state index contributed by atoms with van der Waals surface area (Å²) in [5.41, 5.74) is 0. The summed E-state index contributed by atoms with van der Waals surface area (Å²) in [4.78, 5) is 11.3. The van der Waals surface area contributed by atoms with E-state index >= 15 is 0 Å². The van der Waals surface area contributed by atoms with Crippen LogP contribution < -0.4 is 0 Å². The van der Waals surface area contributed by atoms with Gasteiger partial charge in [0.25, 0.3) is 0 Å². The Hall–Kier alpha value is -0.790. The fraction of sp³-hybridized carbons (Fsp3) is 0.800. The molecule has 0 saturated carbocycles. The summed E-state index contributed by atoms with van der Waals surface area (Å²) in [5.74, 6) is -0.0148. The van der Waals surface area contributed by atoms with E-state index < -0.39 is 0 Å². The molecule has 100 valence electrons. The molecule has 1 unspecified atom stereocenters. The second-order valence-corrected chi connectivity index (χ2v) is 4.59. The molecule has 0 aliphatic rings. The molecule has 0 amide bonds. The first-order chi connectivity index (χ1) is 8.22. The molecule has 0 aliphatic carbocycles. The molecular formula is C15H28O2. The van der Waals surface area contributed by atoms with Gasteiger partial charge in [0.2, 0.25) is 0 Å². The van der Waals surface area contributed by atoms with Crippen molar-refractivity contribution in [2.45, 2.75) is 65.7 Å². The van der Waals surface area contributed by atoms with Crippen LogP contribution in [0.3, 0.4) is 0 Å².